The predicted molar refractivity (Wildman–Crippen MR) is 175 cm³/mol. The first kappa shape index (κ1) is 37.5. The van der Waals surface area contributed by atoms with Gasteiger partial charge in [-0.1, -0.05) is 57.7 Å². The summed E-state index contributed by atoms with van der Waals surface area (Å²) in [7, 11) is 0. The molecule has 0 heterocycles. The molecule has 0 aromatic heterocycles. The summed E-state index contributed by atoms with van der Waals surface area (Å²) in [6.07, 6.45) is -4.45. The van der Waals surface area contributed by atoms with Gasteiger partial charge in [0.1, 0.15) is 23.6 Å². The summed E-state index contributed by atoms with van der Waals surface area (Å²) in [4.78, 5) is 63.9. The minimum absolute atomic E-state index is 0.0239. The third kappa shape index (κ3) is 6.81. The fraction of sp³-hybridized carbons (Fsp3) is 0.541. The van der Waals surface area contributed by atoms with Crippen molar-refractivity contribution < 1.29 is 57.9 Å². The quantitative estimate of drug-likeness (QED) is 0.184. The Labute approximate surface area is 286 Å². The summed E-state index contributed by atoms with van der Waals surface area (Å²) >= 11 is 0. The number of hydrogen-bond donors (Lipinski definition) is 2. The average molecular weight is 683 g/mol. The van der Waals surface area contributed by atoms with Gasteiger partial charge in [-0.05, 0) is 24.1 Å². The van der Waals surface area contributed by atoms with Crippen molar-refractivity contribution in [3.05, 3.63) is 65.5 Å². The average Bonchev–Trinajstić information content (AvgIpc) is 3.00. The number of aliphatic hydroxyl groups excluding tert-OH is 1. The maximum atomic E-state index is 13.1. The first-order valence-electron chi connectivity index (χ1n) is 16.2. The largest absolute Gasteiger partial charge is 0.462 e. The van der Waals surface area contributed by atoms with Gasteiger partial charge < -0.3 is 33.9 Å². The number of allylic oxidation sites excluding steroid dienone is 1. The molecule has 2 N–H and O–H groups in total. The van der Waals surface area contributed by atoms with Crippen LogP contribution in [0.4, 0.5) is 0 Å². The Morgan fingerprint density at radius 1 is 0.857 bits per heavy atom. The lowest BCUT2D eigenvalue weighted by Crippen LogP contribution is -2.74. The van der Waals surface area contributed by atoms with Gasteiger partial charge in [0.2, 0.25) is 0 Å². The summed E-state index contributed by atoms with van der Waals surface area (Å²) in [5.74, 6) is -5.71. The Hall–Kier alpha value is -4.29. The molecule has 12 heteroatoms. The van der Waals surface area contributed by atoms with Crippen molar-refractivity contribution in [3.63, 3.8) is 0 Å². The van der Waals surface area contributed by atoms with E-state index < -0.39 is 88.6 Å². The second-order valence-corrected chi connectivity index (χ2v) is 13.9. The number of ether oxygens (including phenoxy) is 5. The third-order valence-electron chi connectivity index (χ3n) is 10.6. The van der Waals surface area contributed by atoms with Crippen LogP contribution in [0.5, 0.6) is 0 Å². The number of benzene rings is 1. The Morgan fingerprint density at radius 3 is 1.98 bits per heavy atom. The van der Waals surface area contributed by atoms with Crippen LogP contribution in [0.3, 0.4) is 0 Å². The smallest absolute Gasteiger partial charge is 0.331 e. The van der Waals surface area contributed by atoms with Crippen LogP contribution in [0.2, 0.25) is 0 Å². The third-order valence-corrected chi connectivity index (χ3v) is 10.6. The maximum absolute atomic E-state index is 13.1. The van der Waals surface area contributed by atoms with Crippen molar-refractivity contribution in [2.45, 2.75) is 104 Å². The van der Waals surface area contributed by atoms with Gasteiger partial charge in [0.05, 0.1) is 6.10 Å². The predicted octanol–water partition coefficient (Wildman–Crippen LogP) is 3.98. The molecular formula is C37H46O12. The van der Waals surface area contributed by atoms with Gasteiger partial charge >= 0.3 is 29.8 Å². The highest BCUT2D eigenvalue weighted by molar-refractivity contribution is 5.87. The summed E-state index contributed by atoms with van der Waals surface area (Å²) in [5, 5.41) is 25.1. The number of rotatable bonds is 7. The second kappa shape index (κ2) is 13.9. The molecule has 0 amide bonds. The monoisotopic (exact) mass is 682 g/mol. The van der Waals surface area contributed by atoms with E-state index in [2.05, 4.69) is 6.58 Å². The Balaban J connectivity index is 1.98. The van der Waals surface area contributed by atoms with Crippen molar-refractivity contribution in [1.29, 1.82) is 0 Å². The molecule has 0 spiro atoms. The molecule has 1 aromatic carbocycles. The van der Waals surface area contributed by atoms with Crippen molar-refractivity contribution in [1.82, 2.24) is 0 Å². The lowest BCUT2D eigenvalue weighted by atomic mass is 9.45. The zero-order valence-electron chi connectivity index (χ0n) is 29.2. The highest BCUT2D eigenvalue weighted by Gasteiger charge is 2.72. The lowest BCUT2D eigenvalue weighted by Gasteiger charge is -2.64. The normalized spacial score (nSPS) is 33.8. The number of carbonyl (C=O) groups is 5. The first-order valence-corrected chi connectivity index (χ1v) is 16.2. The van der Waals surface area contributed by atoms with Crippen molar-refractivity contribution in [3.8, 4) is 0 Å². The Kier molecular flexibility index (Phi) is 10.7. The van der Waals surface area contributed by atoms with E-state index in [-0.39, 0.29) is 29.7 Å². The van der Waals surface area contributed by atoms with Gasteiger partial charge in [0.25, 0.3) is 0 Å². The van der Waals surface area contributed by atoms with E-state index in [0.717, 1.165) is 19.4 Å². The molecular weight excluding hydrogens is 636 g/mol. The molecule has 3 aliphatic rings. The molecule has 4 rings (SSSR count). The zero-order valence-corrected chi connectivity index (χ0v) is 29.2. The second-order valence-electron chi connectivity index (χ2n) is 13.9. The van der Waals surface area contributed by atoms with Crippen LogP contribution in [0.1, 0.15) is 73.8 Å². The molecule has 9 atom stereocenters. The van der Waals surface area contributed by atoms with E-state index in [4.69, 9.17) is 23.7 Å². The van der Waals surface area contributed by atoms with Crippen LogP contribution >= 0.6 is 0 Å². The molecule has 1 aromatic rings. The molecule has 2 bridgehead atoms. The minimum atomic E-state index is -2.20. The SMILES string of the molecule is C=C1C(OC(=O)C=Cc2ccccc2)CC(O)C2(C)C(OC(C)=O)C(OC(C)=O)C3(O)C(C)=C(OC(C)=O)CC(C(OC(C)=O)C12)C3(C)C. The maximum Gasteiger partial charge on any atom is 0.331 e. The number of esters is 5. The minimum Gasteiger partial charge on any atom is -0.462 e. The van der Waals surface area contributed by atoms with E-state index in [1.165, 1.54) is 26.8 Å². The molecule has 2 saturated carbocycles. The van der Waals surface area contributed by atoms with Crippen LogP contribution in [0, 0.1) is 22.7 Å². The van der Waals surface area contributed by atoms with Crippen LogP contribution in [-0.4, -0.2) is 76.2 Å². The molecule has 9 unspecified atom stereocenters. The number of aliphatic hydroxyl groups is 2. The molecule has 0 saturated heterocycles. The van der Waals surface area contributed by atoms with Gasteiger partial charge in [-0.2, -0.15) is 0 Å². The number of hydrogen-bond acceptors (Lipinski definition) is 12. The summed E-state index contributed by atoms with van der Waals surface area (Å²) in [6.45, 7) is 15.4. The molecule has 49 heavy (non-hydrogen) atoms. The molecule has 266 valence electrons. The summed E-state index contributed by atoms with van der Waals surface area (Å²) in [6, 6.07) is 9.08. The molecule has 3 aliphatic carbocycles. The van der Waals surface area contributed by atoms with Gasteiger partial charge in [0, 0.05) is 74.9 Å². The van der Waals surface area contributed by atoms with Crippen molar-refractivity contribution >= 4 is 35.9 Å². The highest BCUT2D eigenvalue weighted by Crippen LogP contribution is 2.63. The van der Waals surface area contributed by atoms with Gasteiger partial charge in [0.15, 0.2) is 12.2 Å². The fourth-order valence-corrected chi connectivity index (χ4v) is 8.18. The Morgan fingerprint density at radius 2 is 1.43 bits per heavy atom. The number of fused-ring (bicyclic) bond motifs is 3. The van der Waals surface area contributed by atoms with E-state index >= 15 is 0 Å². The van der Waals surface area contributed by atoms with Crippen LogP contribution in [-0.2, 0) is 47.7 Å². The van der Waals surface area contributed by atoms with Crippen molar-refractivity contribution in [2.75, 3.05) is 0 Å². The lowest BCUT2D eigenvalue weighted by molar-refractivity contribution is -0.276. The molecule has 12 nitrogen and oxygen atoms in total. The van der Waals surface area contributed by atoms with Gasteiger partial charge in [-0.25, -0.2) is 4.79 Å². The molecule has 0 radical (unpaired) electrons. The zero-order chi connectivity index (χ0) is 36.6. The first-order chi connectivity index (χ1) is 22.8. The van der Waals surface area contributed by atoms with Crippen LogP contribution in [0.25, 0.3) is 6.08 Å². The fourth-order valence-electron chi connectivity index (χ4n) is 8.18. The van der Waals surface area contributed by atoms with Crippen LogP contribution < -0.4 is 0 Å². The topological polar surface area (TPSA) is 172 Å². The van der Waals surface area contributed by atoms with E-state index in [1.54, 1.807) is 39.0 Å². The molecule has 0 aliphatic heterocycles. The van der Waals surface area contributed by atoms with Gasteiger partial charge in [-0.3, -0.25) is 19.2 Å². The number of carbonyl (C=O) groups excluding carboxylic acids is 5. The summed E-state index contributed by atoms with van der Waals surface area (Å²) in [5.41, 5.74) is -4.09. The molecule has 2 fully saturated rings. The van der Waals surface area contributed by atoms with Crippen molar-refractivity contribution in [2.24, 2.45) is 22.7 Å². The summed E-state index contributed by atoms with van der Waals surface area (Å²) < 4.78 is 29.3. The van der Waals surface area contributed by atoms with E-state index in [9.17, 15) is 34.2 Å². The standard InChI is InChI=1S/C37H46O12/c1-19-27(49-30(43)16-15-25-13-11-10-12-14-25)18-29(42)36(9)31(19)32(46-22(4)39)26-17-28(45-21(3)38)20(2)37(44,35(26,7)8)34(48-24(6)41)33(36)47-23(5)40/h10-16,26-27,29,31-34,42,44H,1,17-18H2,2-9H3. The van der Waals surface area contributed by atoms with Crippen LogP contribution in [0.15, 0.2) is 59.9 Å². The van der Waals surface area contributed by atoms with E-state index in [1.807, 2.05) is 18.2 Å². The Bertz CT molecular complexity index is 1570. The van der Waals surface area contributed by atoms with E-state index in [0.29, 0.717) is 0 Å². The highest BCUT2D eigenvalue weighted by atomic mass is 16.6. The van der Waals surface area contributed by atoms with Gasteiger partial charge in [-0.15, -0.1) is 0 Å².